The van der Waals surface area contributed by atoms with E-state index in [0.717, 1.165) is 24.4 Å². The quantitative estimate of drug-likeness (QED) is 0.655. The summed E-state index contributed by atoms with van der Waals surface area (Å²) in [5.74, 6) is 1.12. The molecule has 16 heavy (non-hydrogen) atoms. The highest BCUT2D eigenvalue weighted by molar-refractivity contribution is 14.1. The summed E-state index contributed by atoms with van der Waals surface area (Å²) in [7, 11) is 0. The summed E-state index contributed by atoms with van der Waals surface area (Å²) in [6.45, 7) is 2.29. The maximum atomic E-state index is 4.74. The molecule has 0 N–H and O–H groups in total. The summed E-state index contributed by atoms with van der Waals surface area (Å²) in [5, 5.41) is 0. The molecule has 2 aromatic heterocycles. The average molecular weight is 409 g/mol. The van der Waals surface area contributed by atoms with Crippen LogP contribution in [0.1, 0.15) is 12.8 Å². The van der Waals surface area contributed by atoms with Crippen LogP contribution in [0.5, 0.6) is 0 Å². The van der Waals surface area contributed by atoms with Crippen molar-refractivity contribution in [1.82, 2.24) is 4.98 Å². The molecule has 0 aromatic carbocycles. The van der Waals surface area contributed by atoms with Crippen molar-refractivity contribution in [1.29, 1.82) is 0 Å². The van der Waals surface area contributed by atoms with E-state index in [1.54, 1.807) is 11.3 Å². The van der Waals surface area contributed by atoms with Crippen LogP contribution in [0, 0.1) is 2.88 Å². The van der Waals surface area contributed by atoms with Crippen LogP contribution < -0.4 is 4.90 Å². The molecule has 1 aliphatic rings. The fraction of sp³-hybridized carbons (Fsp3) is 0.364. The first-order chi connectivity index (χ1) is 7.74. The third kappa shape index (κ3) is 1.97. The molecule has 0 atom stereocenters. The van der Waals surface area contributed by atoms with Crippen LogP contribution in [0.25, 0.3) is 10.2 Å². The van der Waals surface area contributed by atoms with Crippen LogP contribution in [0.4, 0.5) is 5.82 Å². The van der Waals surface area contributed by atoms with Gasteiger partial charge in [-0.3, -0.25) is 0 Å². The van der Waals surface area contributed by atoms with E-state index in [9.17, 15) is 0 Å². The number of hydrogen-bond donors (Lipinski definition) is 0. The Bertz CT molecular complexity index is 534. The minimum Gasteiger partial charge on any atom is -0.357 e. The molecule has 0 radical (unpaired) electrons. The van der Waals surface area contributed by atoms with E-state index in [1.807, 2.05) is 0 Å². The summed E-state index contributed by atoms with van der Waals surface area (Å²) in [5.41, 5.74) is 1.12. The van der Waals surface area contributed by atoms with Gasteiger partial charge in [-0.1, -0.05) is 0 Å². The van der Waals surface area contributed by atoms with Gasteiger partial charge in [0.25, 0.3) is 0 Å². The van der Waals surface area contributed by atoms with E-state index in [0.29, 0.717) is 0 Å². The molecule has 3 heterocycles. The number of thiophene rings is 1. The highest BCUT2D eigenvalue weighted by atomic mass is 127. The van der Waals surface area contributed by atoms with Crippen LogP contribution in [0.2, 0.25) is 0 Å². The lowest BCUT2D eigenvalue weighted by molar-refractivity contribution is 0.943. The number of fused-ring (bicyclic) bond motifs is 1. The smallest absolute Gasteiger partial charge is 0.130 e. The first-order valence-electron chi connectivity index (χ1n) is 5.24. The molecule has 0 amide bonds. The molecule has 2 nitrogen and oxygen atoms in total. The molecule has 0 spiro atoms. The van der Waals surface area contributed by atoms with E-state index in [-0.39, 0.29) is 0 Å². The molecule has 84 valence electrons. The number of aromatic nitrogens is 1. The first-order valence-corrected chi connectivity index (χ1v) is 7.93. The summed E-state index contributed by atoms with van der Waals surface area (Å²) >= 11 is 7.79. The summed E-state index contributed by atoms with van der Waals surface area (Å²) in [6, 6.07) is 4.31. The first kappa shape index (κ1) is 11.2. The molecule has 1 saturated heterocycles. The Labute approximate surface area is 120 Å². The standard InChI is InChI=1S/C11H10BrIN2S/c12-7-5-10(15-3-1-2-4-15)14-8-6-9(13)16-11(7)8/h5-6H,1-4H2. The van der Waals surface area contributed by atoms with Gasteiger partial charge in [0.1, 0.15) is 5.82 Å². The van der Waals surface area contributed by atoms with Crippen molar-refractivity contribution in [3.8, 4) is 0 Å². The second-order valence-electron chi connectivity index (χ2n) is 3.92. The molecule has 1 aliphatic heterocycles. The molecule has 0 saturated carbocycles. The summed E-state index contributed by atoms with van der Waals surface area (Å²) in [4.78, 5) is 7.11. The van der Waals surface area contributed by atoms with Gasteiger partial charge in [0.05, 0.1) is 13.1 Å². The van der Waals surface area contributed by atoms with Crippen LogP contribution in [0.3, 0.4) is 0 Å². The fourth-order valence-electron chi connectivity index (χ4n) is 2.05. The van der Waals surface area contributed by atoms with Crippen molar-refractivity contribution >= 4 is 65.9 Å². The summed E-state index contributed by atoms with van der Waals surface area (Å²) in [6.07, 6.45) is 2.58. The van der Waals surface area contributed by atoms with Gasteiger partial charge < -0.3 is 4.90 Å². The third-order valence-electron chi connectivity index (χ3n) is 2.82. The second kappa shape index (κ2) is 4.42. The van der Waals surface area contributed by atoms with Gasteiger partial charge in [-0.2, -0.15) is 0 Å². The molecule has 3 rings (SSSR count). The van der Waals surface area contributed by atoms with Crippen molar-refractivity contribution in [3.63, 3.8) is 0 Å². The fourth-order valence-corrected chi connectivity index (χ4v) is 4.39. The Morgan fingerprint density at radius 2 is 2.06 bits per heavy atom. The topological polar surface area (TPSA) is 16.1 Å². The van der Waals surface area contributed by atoms with Gasteiger partial charge in [-0.15, -0.1) is 11.3 Å². The molecule has 2 aromatic rings. The number of pyridine rings is 1. The number of hydrogen-bond acceptors (Lipinski definition) is 3. The highest BCUT2D eigenvalue weighted by Gasteiger charge is 2.16. The van der Waals surface area contributed by atoms with Crippen molar-refractivity contribution < 1.29 is 0 Å². The monoisotopic (exact) mass is 408 g/mol. The molecule has 1 fully saturated rings. The zero-order valence-corrected chi connectivity index (χ0v) is 13.1. The minimum atomic E-state index is 1.12. The number of rotatable bonds is 1. The Morgan fingerprint density at radius 1 is 1.31 bits per heavy atom. The average Bonchev–Trinajstić information content (AvgIpc) is 2.84. The van der Waals surface area contributed by atoms with Crippen LogP contribution in [0.15, 0.2) is 16.6 Å². The van der Waals surface area contributed by atoms with Crippen LogP contribution >= 0.6 is 49.9 Å². The Kier molecular flexibility index (Phi) is 3.10. The number of nitrogens with zero attached hydrogens (tertiary/aromatic N) is 2. The largest absolute Gasteiger partial charge is 0.357 e. The van der Waals surface area contributed by atoms with E-state index in [2.05, 4.69) is 55.6 Å². The van der Waals surface area contributed by atoms with Crippen LogP contribution in [-0.2, 0) is 0 Å². The molecule has 5 heteroatoms. The zero-order chi connectivity index (χ0) is 11.1. The van der Waals surface area contributed by atoms with Crippen molar-refractivity contribution in [2.75, 3.05) is 18.0 Å². The van der Waals surface area contributed by atoms with Gasteiger partial charge in [0.15, 0.2) is 0 Å². The van der Waals surface area contributed by atoms with Gasteiger partial charge in [0.2, 0.25) is 0 Å². The predicted molar refractivity (Wildman–Crippen MR) is 81.5 cm³/mol. The molecular weight excluding hydrogens is 399 g/mol. The SMILES string of the molecule is Brc1cc(N2CCCC2)nc2cc(I)sc12. The lowest BCUT2D eigenvalue weighted by atomic mass is 10.4. The predicted octanol–water partition coefficient (Wildman–Crippen LogP) is 4.26. The van der Waals surface area contributed by atoms with Gasteiger partial charge in [-0.05, 0) is 63.5 Å². The normalized spacial score (nSPS) is 16.2. The number of halogens is 2. The van der Waals surface area contributed by atoms with E-state index in [4.69, 9.17) is 4.98 Å². The Balaban J connectivity index is 2.12. The van der Waals surface area contributed by atoms with Gasteiger partial charge in [-0.25, -0.2) is 4.98 Å². The molecule has 0 bridgehead atoms. The maximum absolute atomic E-state index is 4.74. The lowest BCUT2D eigenvalue weighted by Crippen LogP contribution is -2.18. The van der Waals surface area contributed by atoms with E-state index in [1.165, 1.54) is 24.9 Å². The van der Waals surface area contributed by atoms with Crippen molar-refractivity contribution in [3.05, 3.63) is 19.5 Å². The maximum Gasteiger partial charge on any atom is 0.130 e. The Morgan fingerprint density at radius 3 is 2.81 bits per heavy atom. The second-order valence-corrected chi connectivity index (χ2v) is 7.72. The van der Waals surface area contributed by atoms with Gasteiger partial charge in [0, 0.05) is 17.6 Å². The lowest BCUT2D eigenvalue weighted by Gasteiger charge is -2.16. The number of anilines is 1. The molecular formula is C11H10BrIN2S. The summed E-state index contributed by atoms with van der Waals surface area (Å²) < 4.78 is 3.72. The van der Waals surface area contributed by atoms with E-state index < -0.39 is 0 Å². The zero-order valence-electron chi connectivity index (χ0n) is 8.54. The highest BCUT2D eigenvalue weighted by Crippen LogP contribution is 2.34. The third-order valence-corrected chi connectivity index (χ3v) is 5.63. The van der Waals surface area contributed by atoms with Crippen molar-refractivity contribution in [2.24, 2.45) is 0 Å². The van der Waals surface area contributed by atoms with Gasteiger partial charge >= 0.3 is 0 Å². The van der Waals surface area contributed by atoms with Crippen molar-refractivity contribution in [2.45, 2.75) is 12.8 Å². The van der Waals surface area contributed by atoms with E-state index >= 15 is 0 Å². The minimum absolute atomic E-state index is 1.12. The Hall–Kier alpha value is 0.120. The molecule has 0 unspecified atom stereocenters. The van der Waals surface area contributed by atoms with Crippen LogP contribution in [-0.4, -0.2) is 18.1 Å². The molecule has 0 aliphatic carbocycles.